The smallest absolute Gasteiger partial charge is 0.234 e. The van der Waals surface area contributed by atoms with E-state index in [-0.39, 0.29) is 11.7 Å². The molecule has 0 atom stereocenters. The highest BCUT2D eigenvalue weighted by molar-refractivity contribution is 7.99. The van der Waals surface area contributed by atoms with Gasteiger partial charge in [0.05, 0.1) is 5.75 Å². The van der Waals surface area contributed by atoms with Crippen LogP contribution in [0.15, 0.2) is 53.8 Å². The van der Waals surface area contributed by atoms with Crippen molar-refractivity contribution in [3.8, 4) is 11.5 Å². The largest absolute Gasteiger partial charge is 0.325 e. The van der Waals surface area contributed by atoms with Crippen molar-refractivity contribution in [2.45, 2.75) is 25.5 Å². The topological polar surface area (TPSA) is 72.7 Å². The lowest BCUT2D eigenvalue weighted by molar-refractivity contribution is -0.113. The summed E-state index contributed by atoms with van der Waals surface area (Å²) >= 11 is 1.37. The predicted octanol–water partition coefficient (Wildman–Crippen LogP) is 3.40. The number of benzene rings is 1. The molecule has 25 heavy (non-hydrogen) atoms. The molecule has 2 aromatic heterocycles. The number of aryl methyl sites for hydroxylation is 1. The summed E-state index contributed by atoms with van der Waals surface area (Å²) in [5, 5.41) is 12.1. The fourth-order valence-electron chi connectivity index (χ4n) is 2.38. The van der Waals surface area contributed by atoms with Crippen molar-refractivity contribution in [2.24, 2.45) is 0 Å². The first-order valence-electron chi connectivity index (χ1n) is 8.01. The van der Waals surface area contributed by atoms with Crippen molar-refractivity contribution < 1.29 is 4.79 Å². The first kappa shape index (κ1) is 17.2. The number of nitrogens with one attached hydrogen (secondary N) is 1. The van der Waals surface area contributed by atoms with E-state index in [4.69, 9.17) is 0 Å². The van der Waals surface area contributed by atoms with Crippen LogP contribution < -0.4 is 5.32 Å². The van der Waals surface area contributed by atoms with Gasteiger partial charge in [0.15, 0.2) is 11.0 Å². The van der Waals surface area contributed by atoms with Crippen LogP contribution in [-0.4, -0.2) is 31.4 Å². The van der Waals surface area contributed by atoms with Crippen LogP contribution in [0.5, 0.6) is 0 Å². The molecule has 0 aliphatic carbocycles. The number of thioether (sulfide) groups is 1. The maximum Gasteiger partial charge on any atom is 0.234 e. The third kappa shape index (κ3) is 4.24. The van der Waals surface area contributed by atoms with Gasteiger partial charge in [0, 0.05) is 18.4 Å². The molecular weight excluding hydrogens is 334 g/mol. The summed E-state index contributed by atoms with van der Waals surface area (Å²) < 4.78 is 1.97. The van der Waals surface area contributed by atoms with Gasteiger partial charge in [-0.05, 0) is 43.7 Å². The Balaban J connectivity index is 1.70. The summed E-state index contributed by atoms with van der Waals surface area (Å²) in [7, 11) is 0. The van der Waals surface area contributed by atoms with Gasteiger partial charge in [-0.15, -0.1) is 10.2 Å². The van der Waals surface area contributed by atoms with Crippen LogP contribution in [0.2, 0.25) is 0 Å². The SMILES string of the molecule is CCn1c(SCC(=O)Nc2ccccc2)nnc1-c1cc(C)ccn1. The molecule has 6 nitrogen and oxygen atoms in total. The lowest BCUT2D eigenvalue weighted by atomic mass is 10.2. The van der Waals surface area contributed by atoms with Crippen molar-refractivity contribution in [2.75, 3.05) is 11.1 Å². The van der Waals surface area contributed by atoms with Crippen molar-refractivity contribution in [1.82, 2.24) is 19.7 Å². The number of hydrogen-bond acceptors (Lipinski definition) is 5. The maximum absolute atomic E-state index is 12.1. The number of amides is 1. The second kappa shape index (κ2) is 7.94. The monoisotopic (exact) mass is 353 g/mol. The zero-order valence-corrected chi connectivity index (χ0v) is 15.0. The molecule has 3 rings (SSSR count). The second-order valence-corrected chi connectivity index (χ2v) is 6.41. The molecule has 0 aliphatic heterocycles. The number of hydrogen-bond donors (Lipinski definition) is 1. The van der Waals surface area contributed by atoms with E-state index in [9.17, 15) is 4.79 Å². The molecular formula is C18H19N5OS. The normalized spacial score (nSPS) is 10.6. The molecule has 0 bridgehead atoms. The number of aromatic nitrogens is 4. The van der Waals surface area contributed by atoms with Crippen molar-refractivity contribution in [1.29, 1.82) is 0 Å². The first-order valence-corrected chi connectivity index (χ1v) is 9.00. The second-order valence-electron chi connectivity index (χ2n) is 5.47. The highest BCUT2D eigenvalue weighted by Crippen LogP contribution is 2.23. The predicted molar refractivity (Wildman–Crippen MR) is 99.5 cm³/mol. The minimum Gasteiger partial charge on any atom is -0.325 e. The van der Waals surface area contributed by atoms with Gasteiger partial charge in [-0.1, -0.05) is 30.0 Å². The third-order valence-electron chi connectivity index (χ3n) is 3.57. The first-order chi connectivity index (χ1) is 12.2. The van der Waals surface area contributed by atoms with Crippen LogP contribution >= 0.6 is 11.8 Å². The molecule has 2 heterocycles. The lowest BCUT2D eigenvalue weighted by Gasteiger charge is -2.07. The molecule has 0 saturated carbocycles. The highest BCUT2D eigenvalue weighted by atomic mass is 32.2. The molecule has 1 amide bonds. The molecule has 0 unspecified atom stereocenters. The Morgan fingerprint density at radius 2 is 2.00 bits per heavy atom. The standard InChI is InChI=1S/C18H19N5OS/c1-3-23-17(15-11-13(2)9-10-19-15)21-22-18(23)25-12-16(24)20-14-7-5-4-6-8-14/h4-11H,3,12H2,1-2H3,(H,20,24). The van der Waals surface area contributed by atoms with E-state index in [0.717, 1.165) is 22.8 Å². The van der Waals surface area contributed by atoms with Crippen LogP contribution in [0.1, 0.15) is 12.5 Å². The third-order valence-corrected chi connectivity index (χ3v) is 4.53. The van der Waals surface area contributed by atoms with Crippen molar-refractivity contribution >= 4 is 23.4 Å². The molecule has 1 aromatic carbocycles. The zero-order valence-electron chi connectivity index (χ0n) is 14.1. The molecule has 7 heteroatoms. The summed E-state index contributed by atoms with van der Waals surface area (Å²) in [4.78, 5) is 16.5. The van der Waals surface area contributed by atoms with Gasteiger partial charge in [0.1, 0.15) is 5.69 Å². The molecule has 0 radical (unpaired) electrons. The molecule has 128 valence electrons. The van der Waals surface area contributed by atoms with Crippen LogP contribution in [0.3, 0.4) is 0 Å². The van der Waals surface area contributed by atoms with Crippen LogP contribution in [-0.2, 0) is 11.3 Å². The molecule has 3 aromatic rings. The van der Waals surface area contributed by atoms with E-state index < -0.39 is 0 Å². The number of rotatable bonds is 6. The van der Waals surface area contributed by atoms with E-state index in [1.165, 1.54) is 11.8 Å². The fourth-order valence-corrected chi connectivity index (χ4v) is 3.18. The Bertz CT molecular complexity index is 863. The number of carbonyl (C=O) groups excluding carboxylic acids is 1. The fraction of sp³-hybridized carbons (Fsp3) is 0.222. The maximum atomic E-state index is 12.1. The van der Waals surface area contributed by atoms with Crippen LogP contribution in [0, 0.1) is 6.92 Å². The Morgan fingerprint density at radius 3 is 2.72 bits per heavy atom. The van der Waals surface area contributed by atoms with Gasteiger partial charge in [0.2, 0.25) is 5.91 Å². The van der Waals surface area contributed by atoms with Crippen LogP contribution in [0.4, 0.5) is 5.69 Å². The number of para-hydroxylation sites is 1. The zero-order chi connectivity index (χ0) is 17.6. The minimum absolute atomic E-state index is 0.0721. The van der Waals surface area contributed by atoms with Crippen LogP contribution in [0.25, 0.3) is 11.5 Å². The van der Waals surface area contributed by atoms with E-state index in [1.54, 1.807) is 6.20 Å². The molecule has 0 spiro atoms. The van der Waals surface area contributed by atoms with Gasteiger partial charge in [-0.25, -0.2) is 0 Å². The van der Waals surface area contributed by atoms with Crippen molar-refractivity contribution in [3.05, 3.63) is 54.2 Å². The Kier molecular flexibility index (Phi) is 5.45. The Hall–Kier alpha value is -2.67. The average molecular weight is 353 g/mol. The number of pyridine rings is 1. The van der Waals surface area contributed by atoms with E-state index >= 15 is 0 Å². The summed E-state index contributed by atoms with van der Waals surface area (Å²) in [6.45, 7) is 4.75. The highest BCUT2D eigenvalue weighted by Gasteiger charge is 2.15. The van der Waals surface area contributed by atoms with Gasteiger partial charge in [0.25, 0.3) is 0 Å². The summed E-state index contributed by atoms with van der Waals surface area (Å²) in [5.74, 6) is 0.920. The summed E-state index contributed by atoms with van der Waals surface area (Å²) in [6, 6.07) is 13.3. The minimum atomic E-state index is -0.0721. The van der Waals surface area contributed by atoms with E-state index in [2.05, 4.69) is 20.5 Å². The van der Waals surface area contributed by atoms with Gasteiger partial charge < -0.3 is 9.88 Å². The summed E-state index contributed by atoms with van der Waals surface area (Å²) in [5.41, 5.74) is 2.69. The average Bonchev–Trinajstić information content (AvgIpc) is 3.04. The Labute approximate surface area is 150 Å². The van der Waals surface area contributed by atoms with Crippen molar-refractivity contribution in [3.63, 3.8) is 0 Å². The number of carbonyl (C=O) groups is 1. The molecule has 1 N–H and O–H groups in total. The van der Waals surface area contributed by atoms with Gasteiger partial charge in [-0.2, -0.15) is 0 Å². The van der Waals surface area contributed by atoms with Gasteiger partial charge >= 0.3 is 0 Å². The summed E-state index contributed by atoms with van der Waals surface area (Å²) in [6.07, 6.45) is 1.76. The molecule has 0 aliphatic rings. The molecule has 0 fully saturated rings. The number of nitrogens with zero attached hydrogens (tertiary/aromatic N) is 4. The number of anilines is 1. The quantitative estimate of drug-likeness (QED) is 0.688. The molecule has 0 saturated heterocycles. The lowest BCUT2D eigenvalue weighted by Crippen LogP contribution is -2.14. The van der Waals surface area contributed by atoms with E-state index in [1.807, 2.05) is 60.9 Å². The van der Waals surface area contributed by atoms with E-state index in [0.29, 0.717) is 11.7 Å². The van der Waals surface area contributed by atoms with Gasteiger partial charge in [-0.3, -0.25) is 9.78 Å². The Morgan fingerprint density at radius 1 is 1.20 bits per heavy atom.